The number of hydrogen-bond acceptors (Lipinski definition) is 3. The van der Waals surface area contributed by atoms with E-state index in [2.05, 4.69) is 0 Å². The molecule has 0 aliphatic rings. The van der Waals surface area contributed by atoms with Crippen molar-refractivity contribution in [3.63, 3.8) is 0 Å². The predicted molar refractivity (Wildman–Crippen MR) is 87.8 cm³/mol. The van der Waals surface area contributed by atoms with Gasteiger partial charge < -0.3 is 10.5 Å². The highest BCUT2D eigenvalue weighted by Crippen LogP contribution is 2.42. The van der Waals surface area contributed by atoms with Gasteiger partial charge in [0.2, 0.25) is 0 Å². The Morgan fingerprint density at radius 3 is 2.29 bits per heavy atom. The summed E-state index contributed by atoms with van der Waals surface area (Å²) in [5.74, 6) is 0.237. The van der Waals surface area contributed by atoms with E-state index in [0.29, 0.717) is 5.69 Å². The fraction of sp³-hybridized carbons (Fsp3) is 0.188. The van der Waals surface area contributed by atoms with E-state index in [4.69, 9.17) is 10.5 Å². The van der Waals surface area contributed by atoms with Gasteiger partial charge in [0.05, 0.1) is 18.5 Å². The number of thioether (sulfide) groups is 1. The molecule has 0 saturated carbocycles. The Balaban J connectivity index is 2.53. The number of nitrogens with zero attached hydrogens (tertiary/aromatic N) is 1. The largest absolute Gasteiger partial charge is 0.495 e. The summed E-state index contributed by atoms with van der Waals surface area (Å²) < 4.78 is 43.0. The number of carbonyl (C=O) groups excluding carboxylic acids is 1. The van der Waals surface area contributed by atoms with Crippen LogP contribution < -0.4 is 15.4 Å². The number of amides is 2. The van der Waals surface area contributed by atoms with E-state index in [-0.39, 0.29) is 28.1 Å². The smallest absolute Gasteiger partial charge is 0.446 e. The highest BCUT2D eigenvalue weighted by atomic mass is 32.2. The van der Waals surface area contributed by atoms with Crippen LogP contribution in [0.1, 0.15) is 5.56 Å². The van der Waals surface area contributed by atoms with E-state index in [0.717, 1.165) is 10.5 Å². The number of hydrogen-bond donors (Lipinski definition) is 1. The van der Waals surface area contributed by atoms with Gasteiger partial charge in [-0.3, -0.25) is 4.90 Å². The van der Waals surface area contributed by atoms with E-state index in [1.807, 2.05) is 6.92 Å². The highest BCUT2D eigenvalue weighted by molar-refractivity contribution is 8.00. The lowest BCUT2D eigenvalue weighted by Gasteiger charge is -2.23. The number of ether oxygens (including phenoxy) is 1. The standard InChI is InChI=1S/C16H15F3N2O2S/c1-10-3-5-11(6-4-10)21(15(20)22)13-9-12(24-16(17,18)19)7-8-14(13)23-2/h3-9H,1-2H3,(H2,20,22). The Kier molecular flexibility index (Phi) is 5.28. The first-order valence-corrected chi connectivity index (χ1v) is 7.63. The van der Waals surface area contributed by atoms with Crippen LogP contribution in [0.3, 0.4) is 0 Å². The quantitative estimate of drug-likeness (QED) is 0.798. The first-order chi connectivity index (χ1) is 11.2. The van der Waals surface area contributed by atoms with Crippen molar-refractivity contribution < 1.29 is 22.7 Å². The van der Waals surface area contributed by atoms with E-state index in [1.165, 1.54) is 25.3 Å². The molecule has 2 rings (SSSR count). The summed E-state index contributed by atoms with van der Waals surface area (Å²) in [4.78, 5) is 13.0. The maximum absolute atomic E-state index is 12.6. The summed E-state index contributed by atoms with van der Waals surface area (Å²) in [7, 11) is 1.36. The van der Waals surface area contributed by atoms with Crippen LogP contribution in [-0.4, -0.2) is 18.6 Å². The van der Waals surface area contributed by atoms with Crippen LogP contribution in [-0.2, 0) is 0 Å². The van der Waals surface area contributed by atoms with Crippen molar-refractivity contribution in [3.05, 3.63) is 48.0 Å². The minimum atomic E-state index is -4.44. The molecule has 8 heteroatoms. The van der Waals surface area contributed by atoms with Crippen LogP contribution in [0, 0.1) is 6.92 Å². The molecule has 2 amide bonds. The number of urea groups is 1. The van der Waals surface area contributed by atoms with Gasteiger partial charge in [-0.1, -0.05) is 17.7 Å². The third-order valence-corrected chi connectivity index (χ3v) is 3.86. The maximum atomic E-state index is 12.6. The summed E-state index contributed by atoms with van der Waals surface area (Å²) in [6.45, 7) is 1.87. The molecule has 128 valence electrons. The van der Waals surface area contributed by atoms with Crippen molar-refractivity contribution in [2.75, 3.05) is 12.0 Å². The molecular weight excluding hydrogens is 341 g/mol. The fourth-order valence-corrected chi connectivity index (χ4v) is 2.69. The van der Waals surface area contributed by atoms with E-state index >= 15 is 0 Å². The summed E-state index contributed by atoms with van der Waals surface area (Å²) in [6, 6.07) is 9.89. The third-order valence-electron chi connectivity index (χ3n) is 3.14. The Hall–Kier alpha value is -2.35. The van der Waals surface area contributed by atoms with Crippen molar-refractivity contribution in [1.82, 2.24) is 0 Å². The molecule has 2 N–H and O–H groups in total. The van der Waals surface area contributed by atoms with Crippen molar-refractivity contribution in [3.8, 4) is 5.75 Å². The summed E-state index contributed by atoms with van der Waals surface area (Å²) >= 11 is -0.273. The first kappa shape index (κ1) is 18.0. The molecule has 0 spiro atoms. The molecule has 0 fully saturated rings. The predicted octanol–water partition coefficient (Wildman–Crippen LogP) is 4.83. The second kappa shape index (κ2) is 7.04. The number of rotatable bonds is 4. The van der Waals surface area contributed by atoms with Crippen LogP contribution >= 0.6 is 11.8 Å². The SMILES string of the molecule is COc1ccc(SC(F)(F)F)cc1N(C(N)=O)c1ccc(C)cc1. The highest BCUT2D eigenvalue weighted by Gasteiger charge is 2.30. The van der Waals surface area contributed by atoms with Gasteiger partial charge in [-0.25, -0.2) is 4.79 Å². The van der Waals surface area contributed by atoms with Gasteiger partial charge in [0.1, 0.15) is 5.75 Å². The zero-order valence-electron chi connectivity index (χ0n) is 12.9. The van der Waals surface area contributed by atoms with E-state index in [1.54, 1.807) is 24.3 Å². The molecule has 0 aliphatic carbocycles. The second-order valence-corrected chi connectivity index (χ2v) is 6.03. The normalized spacial score (nSPS) is 11.2. The van der Waals surface area contributed by atoms with Crippen molar-refractivity contribution in [2.45, 2.75) is 17.3 Å². The van der Waals surface area contributed by atoms with Crippen LogP contribution in [0.2, 0.25) is 0 Å². The van der Waals surface area contributed by atoms with Gasteiger partial charge in [-0.05, 0) is 49.0 Å². The van der Waals surface area contributed by atoms with Crippen LogP contribution in [0.25, 0.3) is 0 Å². The Labute approximate surface area is 141 Å². The molecule has 0 saturated heterocycles. The van der Waals surface area contributed by atoms with Crippen LogP contribution in [0.5, 0.6) is 5.75 Å². The minimum Gasteiger partial charge on any atom is -0.495 e. The second-order valence-electron chi connectivity index (χ2n) is 4.89. The van der Waals surface area contributed by atoms with E-state index in [9.17, 15) is 18.0 Å². The number of anilines is 2. The molecule has 0 atom stereocenters. The lowest BCUT2D eigenvalue weighted by atomic mass is 10.2. The Bertz CT molecular complexity index is 733. The van der Waals surface area contributed by atoms with Gasteiger partial charge in [-0.15, -0.1) is 0 Å². The average Bonchev–Trinajstić information content (AvgIpc) is 2.48. The first-order valence-electron chi connectivity index (χ1n) is 6.81. The van der Waals surface area contributed by atoms with Gasteiger partial charge in [0.15, 0.2) is 0 Å². The zero-order valence-corrected chi connectivity index (χ0v) is 13.7. The molecule has 0 radical (unpaired) electrons. The molecule has 24 heavy (non-hydrogen) atoms. The van der Waals surface area contributed by atoms with Gasteiger partial charge in [0.25, 0.3) is 0 Å². The molecule has 2 aromatic carbocycles. The number of benzene rings is 2. The number of methoxy groups -OCH3 is 1. The number of alkyl halides is 3. The third kappa shape index (κ3) is 4.35. The lowest BCUT2D eigenvalue weighted by Crippen LogP contribution is -2.31. The van der Waals surface area contributed by atoms with E-state index < -0.39 is 11.5 Å². The average molecular weight is 356 g/mol. The van der Waals surface area contributed by atoms with Crippen molar-refractivity contribution >= 4 is 29.2 Å². The number of nitrogens with two attached hydrogens (primary N) is 1. The number of halogens is 3. The molecule has 0 aliphatic heterocycles. The lowest BCUT2D eigenvalue weighted by molar-refractivity contribution is -0.0328. The Morgan fingerprint density at radius 1 is 1.17 bits per heavy atom. The number of primary amides is 1. The topological polar surface area (TPSA) is 55.6 Å². The van der Waals surface area contributed by atoms with Gasteiger partial charge in [-0.2, -0.15) is 13.2 Å². The van der Waals surface area contributed by atoms with Crippen molar-refractivity contribution in [2.24, 2.45) is 5.73 Å². The monoisotopic (exact) mass is 356 g/mol. The molecule has 0 heterocycles. The molecule has 0 unspecified atom stereocenters. The van der Waals surface area contributed by atoms with Crippen LogP contribution in [0.15, 0.2) is 47.4 Å². The molecular formula is C16H15F3N2O2S. The molecule has 0 bridgehead atoms. The molecule has 0 aromatic heterocycles. The minimum absolute atomic E-state index is 0.0725. The fourth-order valence-electron chi connectivity index (χ4n) is 2.12. The summed E-state index contributed by atoms with van der Waals surface area (Å²) in [5.41, 5.74) is 2.55. The molecule has 4 nitrogen and oxygen atoms in total. The number of aryl methyl sites for hydroxylation is 1. The Morgan fingerprint density at radius 2 is 1.79 bits per heavy atom. The summed E-state index contributed by atoms with van der Waals surface area (Å²) in [5, 5.41) is 0. The molecule has 2 aromatic rings. The van der Waals surface area contributed by atoms with Crippen molar-refractivity contribution in [1.29, 1.82) is 0 Å². The number of carbonyl (C=O) groups is 1. The van der Waals surface area contributed by atoms with Gasteiger partial charge >= 0.3 is 11.5 Å². The zero-order chi connectivity index (χ0) is 17.9. The van der Waals surface area contributed by atoms with Crippen LogP contribution in [0.4, 0.5) is 29.3 Å². The summed E-state index contributed by atoms with van der Waals surface area (Å²) in [6.07, 6.45) is 0. The maximum Gasteiger partial charge on any atom is 0.446 e. The van der Waals surface area contributed by atoms with Gasteiger partial charge in [0, 0.05) is 4.90 Å².